The highest BCUT2D eigenvalue weighted by molar-refractivity contribution is 5.73. The van der Waals surface area contributed by atoms with E-state index in [1.165, 1.54) is 0 Å². The lowest BCUT2D eigenvalue weighted by molar-refractivity contribution is 0.220. The SMILES string of the molecule is Cc1nc2cc(C(O)c3ccc(CN)cc3)ccc2o1. The molecule has 3 N–H and O–H groups in total. The Kier molecular flexibility index (Phi) is 3.26. The Morgan fingerprint density at radius 2 is 1.85 bits per heavy atom. The van der Waals surface area contributed by atoms with Gasteiger partial charge in [0.1, 0.15) is 11.6 Å². The third-order valence-electron chi connectivity index (χ3n) is 3.37. The molecule has 0 aliphatic carbocycles. The van der Waals surface area contributed by atoms with Crippen molar-refractivity contribution in [3.8, 4) is 0 Å². The molecule has 20 heavy (non-hydrogen) atoms. The molecule has 0 saturated heterocycles. The molecule has 0 amide bonds. The van der Waals surface area contributed by atoms with Gasteiger partial charge in [-0.3, -0.25) is 0 Å². The largest absolute Gasteiger partial charge is 0.441 e. The fourth-order valence-electron chi connectivity index (χ4n) is 2.26. The van der Waals surface area contributed by atoms with Crippen molar-refractivity contribution in [2.45, 2.75) is 19.6 Å². The van der Waals surface area contributed by atoms with Gasteiger partial charge in [0.25, 0.3) is 0 Å². The number of nitrogens with two attached hydrogens (primary N) is 1. The van der Waals surface area contributed by atoms with E-state index in [1.807, 2.05) is 49.4 Å². The van der Waals surface area contributed by atoms with Gasteiger partial charge < -0.3 is 15.3 Å². The average Bonchev–Trinajstić information content (AvgIpc) is 2.85. The van der Waals surface area contributed by atoms with Gasteiger partial charge in [0.15, 0.2) is 11.5 Å². The number of benzene rings is 2. The zero-order chi connectivity index (χ0) is 14.1. The van der Waals surface area contributed by atoms with Crippen LogP contribution in [0, 0.1) is 6.92 Å². The molecule has 1 heterocycles. The topological polar surface area (TPSA) is 72.3 Å². The van der Waals surface area contributed by atoms with Crippen LogP contribution in [0.2, 0.25) is 0 Å². The van der Waals surface area contributed by atoms with Crippen LogP contribution in [0.1, 0.15) is 28.7 Å². The Labute approximate surface area is 116 Å². The lowest BCUT2D eigenvalue weighted by Crippen LogP contribution is -2.01. The van der Waals surface area contributed by atoms with Crippen molar-refractivity contribution in [2.75, 3.05) is 0 Å². The van der Waals surface area contributed by atoms with Crippen molar-refractivity contribution in [1.29, 1.82) is 0 Å². The molecule has 0 saturated carbocycles. The summed E-state index contributed by atoms with van der Waals surface area (Å²) in [6.07, 6.45) is -0.678. The second kappa shape index (κ2) is 5.07. The third-order valence-corrected chi connectivity index (χ3v) is 3.37. The van der Waals surface area contributed by atoms with E-state index in [0.717, 1.165) is 27.8 Å². The van der Waals surface area contributed by atoms with E-state index in [2.05, 4.69) is 4.98 Å². The summed E-state index contributed by atoms with van der Waals surface area (Å²) < 4.78 is 5.43. The summed E-state index contributed by atoms with van der Waals surface area (Å²) in [5.74, 6) is 0.624. The predicted octanol–water partition coefficient (Wildman–Crippen LogP) is 2.68. The summed E-state index contributed by atoms with van der Waals surface area (Å²) in [7, 11) is 0. The second-order valence-corrected chi connectivity index (χ2v) is 4.81. The Hall–Kier alpha value is -2.17. The molecule has 1 unspecified atom stereocenters. The quantitative estimate of drug-likeness (QED) is 0.766. The first-order chi connectivity index (χ1) is 9.67. The molecule has 0 bridgehead atoms. The van der Waals surface area contributed by atoms with Gasteiger partial charge in [-0.15, -0.1) is 0 Å². The highest BCUT2D eigenvalue weighted by atomic mass is 16.3. The summed E-state index contributed by atoms with van der Waals surface area (Å²) >= 11 is 0. The Morgan fingerprint density at radius 1 is 1.15 bits per heavy atom. The Morgan fingerprint density at radius 3 is 2.55 bits per heavy atom. The molecular weight excluding hydrogens is 252 g/mol. The Bertz CT molecular complexity index is 732. The number of aromatic nitrogens is 1. The lowest BCUT2D eigenvalue weighted by atomic mass is 10.00. The summed E-state index contributed by atoms with van der Waals surface area (Å²) in [6, 6.07) is 13.2. The van der Waals surface area contributed by atoms with Crippen molar-refractivity contribution in [3.63, 3.8) is 0 Å². The van der Waals surface area contributed by atoms with Crippen LogP contribution in [-0.2, 0) is 6.54 Å². The van der Waals surface area contributed by atoms with Crippen LogP contribution < -0.4 is 5.73 Å². The molecule has 0 aliphatic rings. The molecule has 0 spiro atoms. The summed E-state index contributed by atoms with van der Waals surface area (Å²) in [5, 5.41) is 10.4. The maximum atomic E-state index is 10.4. The minimum absolute atomic E-state index is 0.501. The molecule has 102 valence electrons. The predicted molar refractivity (Wildman–Crippen MR) is 77.1 cm³/mol. The van der Waals surface area contributed by atoms with Gasteiger partial charge in [-0.25, -0.2) is 4.98 Å². The van der Waals surface area contributed by atoms with Crippen molar-refractivity contribution in [2.24, 2.45) is 5.73 Å². The van der Waals surface area contributed by atoms with Crippen LogP contribution >= 0.6 is 0 Å². The molecule has 1 aromatic heterocycles. The first kappa shape index (κ1) is 12.8. The third kappa shape index (κ3) is 2.31. The summed E-state index contributed by atoms with van der Waals surface area (Å²) in [5.41, 5.74) is 9.74. The van der Waals surface area contributed by atoms with E-state index >= 15 is 0 Å². The van der Waals surface area contributed by atoms with E-state index < -0.39 is 6.10 Å². The number of aliphatic hydroxyl groups is 1. The minimum Gasteiger partial charge on any atom is -0.441 e. The molecular formula is C16H16N2O2. The average molecular weight is 268 g/mol. The highest BCUT2D eigenvalue weighted by Crippen LogP contribution is 2.25. The fraction of sp³-hybridized carbons (Fsp3) is 0.188. The van der Waals surface area contributed by atoms with Gasteiger partial charge >= 0.3 is 0 Å². The van der Waals surface area contributed by atoms with Gasteiger partial charge in [-0.05, 0) is 28.8 Å². The molecule has 0 fully saturated rings. The van der Waals surface area contributed by atoms with Crippen molar-refractivity contribution < 1.29 is 9.52 Å². The number of aliphatic hydroxyl groups excluding tert-OH is 1. The second-order valence-electron chi connectivity index (χ2n) is 4.81. The summed E-state index contributed by atoms with van der Waals surface area (Å²) in [4.78, 5) is 4.28. The van der Waals surface area contributed by atoms with Gasteiger partial charge in [0.05, 0.1) is 0 Å². The maximum Gasteiger partial charge on any atom is 0.192 e. The molecule has 3 aromatic rings. The monoisotopic (exact) mass is 268 g/mol. The maximum absolute atomic E-state index is 10.4. The first-order valence-electron chi connectivity index (χ1n) is 6.51. The van der Waals surface area contributed by atoms with Crippen LogP contribution in [0.25, 0.3) is 11.1 Å². The van der Waals surface area contributed by atoms with Crippen LogP contribution in [0.3, 0.4) is 0 Å². The minimum atomic E-state index is -0.678. The van der Waals surface area contributed by atoms with Gasteiger partial charge in [0, 0.05) is 13.5 Å². The zero-order valence-corrected chi connectivity index (χ0v) is 11.2. The number of hydrogen-bond acceptors (Lipinski definition) is 4. The van der Waals surface area contributed by atoms with E-state index in [1.54, 1.807) is 0 Å². The highest BCUT2D eigenvalue weighted by Gasteiger charge is 2.12. The molecule has 4 nitrogen and oxygen atoms in total. The van der Waals surface area contributed by atoms with E-state index in [-0.39, 0.29) is 0 Å². The van der Waals surface area contributed by atoms with Gasteiger partial charge in [-0.1, -0.05) is 30.3 Å². The van der Waals surface area contributed by atoms with E-state index in [9.17, 15) is 5.11 Å². The lowest BCUT2D eigenvalue weighted by Gasteiger charge is -2.11. The number of hydrogen-bond donors (Lipinski definition) is 2. The van der Waals surface area contributed by atoms with Crippen molar-refractivity contribution >= 4 is 11.1 Å². The number of oxazole rings is 1. The van der Waals surface area contributed by atoms with Crippen LogP contribution in [-0.4, -0.2) is 10.1 Å². The molecule has 1 atom stereocenters. The normalized spacial score (nSPS) is 12.8. The van der Waals surface area contributed by atoms with E-state index in [4.69, 9.17) is 10.2 Å². The van der Waals surface area contributed by atoms with Crippen LogP contribution in [0.15, 0.2) is 46.9 Å². The fourth-order valence-corrected chi connectivity index (χ4v) is 2.26. The molecule has 2 aromatic carbocycles. The van der Waals surface area contributed by atoms with Crippen LogP contribution in [0.4, 0.5) is 0 Å². The van der Waals surface area contributed by atoms with Crippen molar-refractivity contribution in [3.05, 3.63) is 65.0 Å². The molecule has 0 aliphatic heterocycles. The Balaban J connectivity index is 1.95. The van der Waals surface area contributed by atoms with Crippen LogP contribution in [0.5, 0.6) is 0 Å². The van der Waals surface area contributed by atoms with Crippen molar-refractivity contribution in [1.82, 2.24) is 4.98 Å². The van der Waals surface area contributed by atoms with Gasteiger partial charge in [0.2, 0.25) is 0 Å². The number of fused-ring (bicyclic) bond motifs is 1. The standard InChI is InChI=1S/C16H16N2O2/c1-10-18-14-8-13(6-7-15(14)20-10)16(19)12-4-2-11(9-17)3-5-12/h2-8,16,19H,9,17H2,1H3. The number of rotatable bonds is 3. The summed E-state index contributed by atoms with van der Waals surface area (Å²) in [6.45, 7) is 2.31. The molecule has 4 heteroatoms. The number of nitrogens with zero attached hydrogens (tertiary/aromatic N) is 1. The molecule has 0 radical (unpaired) electrons. The van der Waals surface area contributed by atoms with E-state index in [0.29, 0.717) is 12.4 Å². The first-order valence-corrected chi connectivity index (χ1v) is 6.51. The smallest absolute Gasteiger partial charge is 0.192 e. The van der Waals surface area contributed by atoms with Gasteiger partial charge in [-0.2, -0.15) is 0 Å². The molecule has 3 rings (SSSR count). The number of aryl methyl sites for hydroxylation is 1. The zero-order valence-electron chi connectivity index (χ0n) is 11.2.